The van der Waals surface area contributed by atoms with Gasteiger partial charge in [-0.3, -0.25) is 0 Å². The lowest BCUT2D eigenvalue weighted by molar-refractivity contribution is -0.0868. The molecule has 2 aliphatic rings. The van der Waals surface area contributed by atoms with Crippen LogP contribution in [0.5, 0.6) is 0 Å². The molecular formula is C15H20ClNO4S. The van der Waals surface area contributed by atoms with Crippen LogP contribution in [0.3, 0.4) is 0 Å². The number of ether oxygens (including phenoxy) is 2. The number of benzene rings is 1. The molecule has 0 saturated carbocycles. The van der Waals surface area contributed by atoms with Gasteiger partial charge in [0.1, 0.15) is 0 Å². The molecule has 22 heavy (non-hydrogen) atoms. The topological polar surface area (TPSA) is 64.6 Å². The first-order chi connectivity index (χ1) is 10.4. The predicted octanol–water partition coefficient (Wildman–Crippen LogP) is 2.26. The van der Waals surface area contributed by atoms with E-state index in [0.717, 1.165) is 6.42 Å². The van der Waals surface area contributed by atoms with Crippen molar-refractivity contribution in [2.24, 2.45) is 0 Å². The van der Waals surface area contributed by atoms with E-state index in [1.807, 2.05) is 0 Å². The Hall–Kier alpha value is -0.660. The number of nitrogens with one attached hydrogen (secondary N) is 1. The highest BCUT2D eigenvalue weighted by atomic mass is 35.5. The summed E-state index contributed by atoms with van der Waals surface area (Å²) in [7, 11) is -3.56. The molecule has 2 saturated heterocycles. The highest BCUT2D eigenvalue weighted by Crippen LogP contribution is 2.33. The third-order valence-corrected chi connectivity index (χ3v) is 6.22. The molecule has 0 radical (unpaired) electrons. The van der Waals surface area contributed by atoms with Crippen LogP contribution < -0.4 is 4.72 Å². The number of rotatable bonds is 3. The second-order valence-corrected chi connectivity index (χ2v) is 8.17. The zero-order chi connectivity index (χ0) is 15.8. The summed E-state index contributed by atoms with van der Waals surface area (Å²) in [6, 6.07) is 4.68. The third-order valence-electron chi connectivity index (χ3n) is 4.31. The quantitative estimate of drug-likeness (QED) is 0.912. The molecule has 2 fully saturated rings. The van der Waals surface area contributed by atoms with Gasteiger partial charge < -0.3 is 9.47 Å². The van der Waals surface area contributed by atoms with Gasteiger partial charge in [0.25, 0.3) is 0 Å². The molecule has 0 unspecified atom stereocenters. The summed E-state index contributed by atoms with van der Waals surface area (Å²) in [6.45, 7) is 3.52. The molecule has 1 aromatic carbocycles. The molecule has 122 valence electrons. The van der Waals surface area contributed by atoms with E-state index < -0.39 is 10.0 Å². The fraction of sp³-hybridized carbons (Fsp3) is 0.600. The van der Waals surface area contributed by atoms with Crippen LogP contribution in [0.1, 0.15) is 24.8 Å². The average molecular weight is 346 g/mol. The molecule has 0 aliphatic carbocycles. The Morgan fingerprint density at radius 2 is 2.18 bits per heavy atom. The lowest BCUT2D eigenvalue weighted by Crippen LogP contribution is -2.49. The summed E-state index contributed by atoms with van der Waals surface area (Å²) in [5.41, 5.74) is 0.325. The molecule has 2 heterocycles. The van der Waals surface area contributed by atoms with E-state index in [2.05, 4.69) is 4.72 Å². The van der Waals surface area contributed by atoms with Gasteiger partial charge in [-0.05, 0) is 43.5 Å². The van der Waals surface area contributed by atoms with Crippen molar-refractivity contribution in [1.29, 1.82) is 0 Å². The van der Waals surface area contributed by atoms with Gasteiger partial charge in [0.15, 0.2) is 0 Å². The fourth-order valence-electron chi connectivity index (χ4n) is 3.19. The van der Waals surface area contributed by atoms with Gasteiger partial charge in [0.2, 0.25) is 10.0 Å². The van der Waals surface area contributed by atoms with Crippen molar-refractivity contribution in [2.75, 3.05) is 19.8 Å². The van der Waals surface area contributed by atoms with Crippen LogP contribution >= 0.6 is 11.6 Å². The molecule has 7 heteroatoms. The lowest BCUT2D eigenvalue weighted by Gasteiger charge is -2.37. The van der Waals surface area contributed by atoms with Crippen molar-refractivity contribution >= 4 is 21.6 Å². The number of hydrogen-bond donors (Lipinski definition) is 1. The minimum Gasteiger partial charge on any atom is -0.378 e. The standard InChI is InChI=1S/C15H20ClNO4S/c1-11-8-12(16)2-3-14(11)22(18,19)17-13-4-6-21-15(9-13)5-7-20-10-15/h2-3,8,13,17H,4-7,9-10H2,1H3/t13-,15+/m0/s1. The molecule has 0 aromatic heterocycles. The second-order valence-electron chi connectivity index (χ2n) is 6.05. The zero-order valence-corrected chi connectivity index (χ0v) is 14.0. The largest absolute Gasteiger partial charge is 0.378 e. The molecule has 0 amide bonds. The van der Waals surface area contributed by atoms with E-state index in [0.29, 0.717) is 43.2 Å². The van der Waals surface area contributed by atoms with Gasteiger partial charge in [-0.25, -0.2) is 13.1 Å². The Labute approximate surface area is 136 Å². The van der Waals surface area contributed by atoms with Crippen LogP contribution in [0, 0.1) is 6.92 Å². The van der Waals surface area contributed by atoms with E-state index in [1.165, 1.54) is 0 Å². The number of sulfonamides is 1. The molecule has 3 rings (SSSR count). The van der Waals surface area contributed by atoms with Gasteiger partial charge >= 0.3 is 0 Å². The van der Waals surface area contributed by atoms with E-state index >= 15 is 0 Å². The van der Waals surface area contributed by atoms with Crippen molar-refractivity contribution in [2.45, 2.75) is 42.7 Å². The number of aryl methyl sites for hydroxylation is 1. The monoisotopic (exact) mass is 345 g/mol. The van der Waals surface area contributed by atoms with Crippen molar-refractivity contribution < 1.29 is 17.9 Å². The zero-order valence-electron chi connectivity index (χ0n) is 12.5. The molecule has 1 spiro atoms. The minimum absolute atomic E-state index is 0.129. The number of hydrogen-bond acceptors (Lipinski definition) is 4. The molecular weight excluding hydrogens is 326 g/mol. The third kappa shape index (κ3) is 3.31. The maximum absolute atomic E-state index is 12.6. The van der Waals surface area contributed by atoms with Crippen LogP contribution in [0.15, 0.2) is 23.1 Å². The fourth-order valence-corrected chi connectivity index (χ4v) is 4.91. The van der Waals surface area contributed by atoms with Gasteiger partial charge in [0, 0.05) is 30.7 Å². The van der Waals surface area contributed by atoms with Gasteiger partial charge in [-0.2, -0.15) is 0 Å². The SMILES string of the molecule is Cc1cc(Cl)ccc1S(=O)(=O)N[C@H]1CCO[C@]2(CCOC2)C1. The van der Waals surface area contributed by atoms with E-state index in [4.69, 9.17) is 21.1 Å². The van der Waals surface area contributed by atoms with Gasteiger partial charge in [0.05, 0.1) is 17.1 Å². The molecule has 2 atom stereocenters. The maximum Gasteiger partial charge on any atom is 0.241 e. The smallest absolute Gasteiger partial charge is 0.241 e. The van der Waals surface area contributed by atoms with Gasteiger partial charge in [-0.1, -0.05) is 11.6 Å². The predicted molar refractivity (Wildman–Crippen MR) is 83.7 cm³/mol. The van der Waals surface area contributed by atoms with Crippen LogP contribution in [0.4, 0.5) is 0 Å². The summed E-state index contributed by atoms with van der Waals surface area (Å²) in [6.07, 6.45) is 2.15. The highest BCUT2D eigenvalue weighted by Gasteiger charge is 2.42. The van der Waals surface area contributed by atoms with Crippen LogP contribution in [0.2, 0.25) is 5.02 Å². The maximum atomic E-state index is 12.6. The number of halogens is 1. The Balaban J connectivity index is 1.76. The Kier molecular flexibility index (Phi) is 4.49. The van der Waals surface area contributed by atoms with E-state index in [-0.39, 0.29) is 16.5 Å². The summed E-state index contributed by atoms with van der Waals surface area (Å²) >= 11 is 5.90. The van der Waals surface area contributed by atoms with Crippen LogP contribution in [-0.2, 0) is 19.5 Å². The van der Waals surface area contributed by atoms with E-state index in [9.17, 15) is 8.42 Å². The molecule has 1 N–H and O–H groups in total. The minimum atomic E-state index is -3.56. The Bertz CT molecular complexity index is 656. The van der Waals surface area contributed by atoms with Gasteiger partial charge in [-0.15, -0.1) is 0 Å². The Morgan fingerprint density at radius 3 is 2.86 bits per heavy atom. The first-order valence-electron chi connectivity index (χ1n) is 7.40. The van der Waals surface area contributed by atoms with E-state index in [1.54, 1.807) is 25.1 Å². The van der Waals surface area contributed by atoms with Crippen LogP contribution in [0.25, 0.3) is 0 Å². The van der Waals surface area contributed by atoms with Crippen molar-refractivity contribution in [3.05, 3.63) is 28.8 Å². The summed E-state index contributed by atoms with van der Waals surface area (Å²) in [5, 5.41) is 0.532. The van der Waals surface area contributed by atoms with Crippen LogP contribution in [-0.4, -0.2) is 39.9 Å². The lowest BCUT2D eigenvalue weighted by atomic mass is 9.90. The highest BCUT2D eigenvalue weighted by molar-refractivity contribution is 7.89. The first-order valence-corrected chi connectivity index (χ1v) is 9.27. The van der Waals surface area contributed by atoms with Crippen molar-refractivity contribution in [3.8, 4) is 0 Å². The molecule has 2 aliphatic heterocycles. The summed E-state index contributed by atoms with van der Waals surface area (Å²) in [5.74, 6) is 0. The Morgan fingerprint density at radius 1 is 1.36 bits per heavy atom. The van der Waals surface area contributed by atoms with Crippen molar-refractivity contribution in [3.63, 3.8) is 0 Å². The van der Waals surface area contributed by atoms with Crippen molar-refractivity contribution in [1.82, 2.24) is 4.72 Å². The molecule has 1 aromatic rings. The first kappa shape index (κ1) is 16.2. The second kappa shape index (κ2) is 6.09. The molecule has 5 nitrogen and oxygen atoms in total. The summed E-state index contributed by atoms with van der Waals surface area (Å²) < 4.78 is 39.3. The summed E-state index contributed by atoms with van der Waals surface area (Å²) in [4.78, 5) is 0.278. The molecule has 0 bridgehead atoms. The average Bonchev–Trinajstić information content (AvgIpc) is 2.85. The normalized spacial score (nSPS) is 29.1.